The summed E-state index contributed by atoms with van der Waals surface area (Å²) in [6.07, 6.45) is 96.6. The van der Waals surface area contributed by atoms with E-state index < -0.39 is 32.5 Å². The number of ether oxygens (including phenoxy) is 2. The quantitative estimate of drug-likeness (QED) is 0.0195. The zero-order valence-electron chi connectivity index (χ0n) is 53.5. The van der Waals surface area contributed by atoms with Crippen LogP contribution < -0.4 is 4.89 Å². The maximum Gasteiger partial charge on any atom is 0.306 e. The van der Waals surface area contributed by atoms with Crippen molar-refractivity contribution >= 4 is 19.8 Å². The summed E-state index contributed by atoms with van der Waals surface area (Å²) in [6, 6.07) is 0. The molecule has 0 amide bonds. The minimum Gasteiger partial charge on any atom is -0.756 e. The predicted molar refractivity (Wildman–Crippen MR) is 359 cm³/mol. The van der Waals surface area contributed by atoms with Gasteiger partial charge in [-0.25, -0.2) is 0 Å². The molecule has 9 nitrogen and oxygen atoms in total. The van der Waals surface area contributed by atoms with Gasteiger partial charge in [0.25, 0.3) is 7.82 Å². The van der Waals surface area contributed by atoms with Crippen molar-refractivity contribution < 1.29 is 42.1 Å². The van der Waals surface area contributed by atoms with Crippen LogP contribution in [0, 0.1) is 0 Å². The van der Waals surface area contributed by atoms with Crippen LogP contribution in [0.3, 0.4) is 0 Å². The average molecular weight is 1180 g/mol. The highest BCUT2D eigenvalue weighted by atomic mass is 31.2. The van der Waals surface area contributed by atoms with Gasteiger partial charge in [0.05, 0.1) is 27.7 Å². The van der Waals surface area contributed by atoms with Crippen molar-refractivity contribution in [3.8, 4) is 0 Å². The molecule has 0 aliphatic heterocycles. The summed E-state index contributed by atoms with van der Waals surface area (Å²) in [5, 5.41) is 0. The van der Waals surface area contributed by atoms with Gasteiger partial charge in [-0.3, -0.25) is 14.2 Å². The van der Waals surface area contributed by atoms with Gasteiger partial charge in [-0.2, -0.15) is 0 Å². The number of quaternary nitrogens is 1. The minimum atomic E-state index is -4.66. The van der Waals surface area contributed by atoms with E-state index >= 15 is 0 Å². The van der Waals surface area contributed by atoms with Crippen LogP contribution in [0.1, 0.15) is 219 Å². The van der Waals surface area contributed by atoms with Gasteiger partial charge < -0.3 is 27.9 Å². The number of carbonyl (C=O) groups is 2. The molecule has 2 unspecified atom stereocenters. The van der Waals surface area contributed by atoms with Gasteiger partial charge in [-0.1, -0.05) is 254 Å². The Labute approximate surface area is 514 Å². The molecule has 10 heteroatoms. The zero-order chi connectivity index (χ0) is 61.2. The van der Waals surface area contributed by atoms with E-state index in [4.69, 9.17) is 18.5 Å². The van der Waals surface area contributed by atoms with Crippen LogP contribution in [0.2, 0.25) is 0 Å². The third kappa shape index (κ3) is 66.3. The summed E-state index contributed by atoms with van der Waals surface area (Å²) in [5.41, 5.74) is 0. The number of allylic oxidation sites excluding steroid dienone is 30. The minimum absolute atomic E-state index is 0.0464. The van der Waals surface area contributed by atoms with E-state index in [-0.39, 0.29) is 26.1 Å². The van der Waals surface area contributed by atoms with Gasteiger partial charge in [0.1, 0.15) is 19.8 Å². The van der Waals surface area contributed by atoms with Crippen LogP contribution >= 0.6 is 7.82 Å². The van der Waals surface area contributed by atoms with E-state index in [2.05, 4.69) is 196 Å². The molecule has 0 saturated heterocycles. The first-order chi connectivity index (χ1) is 41.0. The number of nitrogens with zero attached hydrogens (tertiary/aromatic N) is 1. The number of rotatable bonds is 57. The summed E-state index contributed by atoms with van der Waals surface area (Å²) >= 11 is 0. The van der Waals surface area contributed by atoms with Gasteiger partial charge in [-0.05, 0) is 135 Å². The molecule has 472 valence electrons. The Bertz CT molecular complexity index is 2070. The molecule has 0 radical (unpaired) electrons. The third-order valence-corrected chi connectivity index (χ3v) is 13.9. The topological polar surface area (TPSA) is 111 Å². The standard InChI is InChI=1S/C74H118NO8P/c1-6-8-10-12-14-16-18-20-22-24-26-28-29-30-31-32-33-34-35-36-37-38-39-40-41-42-43-44-45-47-49-51-53-55-57-59-61-63-65-67-74(77)83-72(71-82-84(78,79)81-69-68-75(3,4)5)70-80-73(76)66-64-62-60-58-56-54-52-50-48-46-27-25-23-21-19-17-15-13-11-9-7-2/h8-11,14-17,20-23,26-28,30-31,33-34,36-37,39-40,42-43,45-47,50,52,72H,6-7,12-13,18-19,24-25,29,32,35,38,41,44,48-49,51,53-71H2,1-5H3/b10-8-,11-9-,16-14-,17-15-,22-20-,23-21-,28-26-,31-30-,34-33-,37-36-,40-39-,43-42-,46-27-,47-45-,52-50-. The molecule has 0 spiro atoms. The molecule has 0 heterocycles. The van der Waals surface area contributed by atoms with Crippen molar-refractivity contribution in [1.29, 1.82) is 0 Å². The van der Waals surface area contributed by atoms with Gasteiger partial charge in [-0.15, -0.1) is 0 Å². The highest BCUT2D eigenvalue weighted by Crippen LogP contribution is 2.38. The molecular weight excluding hydrogens is 1060 g/mol. The van der Waals surface area contributed by atoms with Crippen molar-refractivity contribution in [2.45, 2.75) is 225 Å². The smallest absolute Gasteiger partial charge is 0.306 e. The lowest BCUT2D eigenvalue weighted by Gasteiger charge is -2.28. The number of esters is 2. The largest absolute Gasteiger partial charge is 0.756 e. The summed E-state index contributed by atoms with van der Waals surface area (Å²) in [7, 11) is 1.12. The summed E-state index contributed by atoms with van der Waals surface area (Å²) in [6.45, 7) is 3.95. The first kappa shape index (κ1) is 79.1. The fourth-order valence-corrected chi connectivity index (χ4v) is 8.73. The third-order valence-electron chi connectivity index (χ3n) is 12.9. The maximum atomic E-state index is 12.8. The number of hydrogen-bond acceptors (Lipinski definition) is 8. The lowest BCUT2D eigenvalue weighted by atomic mass is 10.1. The first-order valence-corrected chi connectivity index (χ1v) is 34.0. The van der Waals surface area contributed by atoms with Gasteiger partial charge >= 0.3 is 11.9 Å². The van der Waals surface area contributed by atoms with E-state index in [1.54, 1.807) is 0 Å². The molecular formula is C74H118NO8P. The molecule has 0 aromatic carbocycles. The molecule has 0 fully saturated rings. The zero-order valence-corrected chi connectivity index (χ0v) is 54.4. The van der Waals surface area contributed by atoms with Crippen LogP contribution in [-0.2, 0) is 32.7 Å². The Morgan fingerprint density at radius 3 is 0.952 bits per heavy atom. The summed E-state index contributed by atoms with van der Waals surface area (Å²) < 4.78 is 34.2. The van der Waals surface area contributed by atoms with E-state index in [0.29, 0.717) is 23.9 Å². The molecule has 2 atom stereocenters. The second-order valence-electron chi connectivity index (χ2n) is 22.0. The van der Waals surface area contributed by atoms with Crippen LogP contribution in [0.4, 0.5) is 0 Å². The van der Waals surface area contributed by atoms with Gasteiger partial charge in [0.2, 0.25) is 0 Å². The van der Waals surface area contributed by atoms with Crippen molar-refractivity contribution in [3.63, 3.8) is 0 Å². The molecule has 0 saturated carbocycles. The van der Waals surface area contributed by atoms with Crippen molar-refractivity contribution in [2.24, 2.45) is 0 Å². The monoisotopic (exact) mass is 1180 g/mol. The number of phosphoric ester groups is 1. The Kier molecular flexibility index (Phi) is 59.0. The molecule has 0 aliphatic carbocycles. The van der Waals surface area contributed by atoms with Crippen molar-refractivity contribution in [3.05, 3.63) is 182 Å². The van der Waals surface area contributed by atoms with Crippen LogP contribution in [0.25, 0.3) is 0 Å². The Hall–Kier alpha value is -4.89. The van der Waals surface area contributed by atoms with Crippen LogP contribution in [-0.4, -0.2) is 70.0 Å². The van der Waals surface area contributed by atoms with Crippen LogP contribution in [0.15, 0.2) is 182 Å². The fourth-order valence-electron chi connectivity index (χ4n) is 8.00. The molecule has 0 aromatic heterocycles. The number of carbonyl (C=O) groups excluding carboxylic acids is 2. The lowest BCUT2D eigenvalue weighted by molar-refractivity contribution is -0.870. The van der Waals surface area contributed by atoms with Crippen molar-refractivity contribution in [2.75, 3.05) is 47.5 Å². The normalized spacial score (nSPS) is 14.4. The SMILES string of the molecule is CC/C=C\C/C=C\C/C=C\C/C=C\C/C=C\C/C=C\C/C=C\C/C=C\C/C=C\C/C=C\CCCCCCCCCCC(=O)OC(COC(=O)CCCCCCC/C=C\C/C=C\C/C=C\C/C=C\C/C=C\CC)COP(=O)([O-])OCC[N+](C)(C)C. The molecule has 84 heavy (non-hydrogen) atoms. The Morgan fingerprint density at radius 1 is 0.369 bits per heavy atom. The highest BCUT2D eigenvalue weighted by molar-refractivity contribution is 7.45. The second-order valence-corrected chi connectivity index (χ2v) is 23.4. The predicted octanol–water partition coefficient (Wildman–Crippen LogP) is 20.5. The van der Waals surface area contributed by atoms with Crippen molar-refractivity contribution in [1.82, 2.24) is 0 Å². The molecule has 0 aromatic rings. The number of unbranched alkanes of at least 4 members (excludes halogenated alkanes) is 13. The van der Waals surface area contributed by atoms with E-state index in [1.807, 2.05) is 21.1 Å². The molecule has 0 rings (SSSR count). The summed E-state index contributed by atoms with van der Waals surface area (Å²) in [5.74, 6) is -0.879. The Balaban J connectivity index is 4.19. The van der Waals surface area contributed by atoms with E-state index in [0.717, 1.165) is 154 Å². The van der Waals surface area contributed by atoms with Gasteiger partial charge in [0, 0.05) is 12.8 Å². The average Bonchev–Trinajstić information content (AvgIpc) is 3.61. The van der Waals surface area contributed by atoms with E-state index in [9.17, 15) is 19.0 Å². The Morgan fingerprint density at radius 2 is 0.643 bits per heavy atom. The number of hydrogen-bond donors (Lipinski definition) is 0. The number of likely N-dealkylation sites (N-methyl/N-ethyl adjacent to an activating group) is 1. The van der Waals surface area contributed by atoms with E-state index in [1.165, 1.54) is 25.7 Å². The maximum absolute atomic E-state index is 12.8. The van der Waals surface area contributed by atoms with Crippen LogP contribution in [0.5, 0.6) is 0 Å². The molecule has 0 bridgehead atoms. The summed E-state index contributed by atoms with van der Waals surface area (Å²) in [4.78, 5) is 38.0. The first-order valence-electron chi connectivity index (χ1n) is 32.5. The molecule has 0 N–H and O–H groups in total. The van der Waals surface area contributed by atoms with Gasteiger partial charge in [0.15, 0.2) is 6.10 Å². The second kappa shape index (κ2) is 62.6. The fraction of sp³-hybridized carbons (Fsp3) is 0.568. The molecule has 0 aliphatic rings. The lowest BCUT2D eigenvalue weighted by Crippen LogP contribution is -2.37. The number of phosphoric acid groups is 1. The highest BCUT2D eigenvalue weighted by Gasteiger charge is 2.22.